The molecule has 0 saturated carbocycles. The molecule has 0 radical (unpaired) electrons. The van der Waals surface area contributed by atoms with Crippen LogP contribution in [0.3, 0.4) is 0 Å². The van der Waals surface area contributed by atoms with Gasteiger partial charge >= 0.3 is 0 Å². The number of hydrogen-bond donors (Lipinski definition) is 2. The van der Waals surface area contributed by atoms with Gasteiger partial charge in [0.2, 0.25) is 0 Å². The van der Waals surface area contributed by atoms with Crippen LogP contribution in [0.4, 0.5) is 10.1 Å². The van der Waals surface area contributed by atoms with Crippen molar-refractivity contribution in [3.8, 4) is 0 Å². The van der Waals surface area contributed by atoms with Gasteiger partial charge in [-0.05, 0) is 35.9 Å². The van der Waals surface area contributed by atoms with Crippen molar-refractivity contribution in [3.63, 3.8) is 0 Å². The minimum absolute atomic E-state index is 0.00887. The molecule has 0 aliphatic rings. The largest absolute Gasteiger partial charge is 0.321 e. The Hall–Kier alpha value is -3.73. The van der Waals surface area contributed by atoms with E-state index in [-0.39, 0.29) is 5.56 Å². The molecule has 2 N–H and O–H groups in total. The number of aromatic amines is 1. The molecule has 0 aliphatic carbocycles. The number of fused-ring (bicyclic) bond motifs is 1. The maximum absolute atomic E-state index is 13.8. The second-order valence-corrected chi connectivity index (χ2v) is 6.01. The molecule has 1 amide bonds. The number of para-hydroxylation sites is 2. The Morgan fingerprint density at radius 1 is 0.926 bits per heavy atom. The zero-order chi connectivity index (χ0) is 18.6. The SMILES string of the molecule is O=C(Nc1ccccc1C=Cc1n[nH]c2ccccc12)c1ccccc1F. The van der Waals surface area contributed by atoms with Crippen LogP contribution < -0.4 is 5.32 Å². The Bertz CT molecular complexity index is 1150. The lowest BCUT2D eigenvalue weighted by Gasteiger charge is -2.09. The number of aromatic nitrogens is 2. The minimum atomic E-state index is -0.550. The van der Waals surface area contributed by atoms with Crippen molar-refractivity contribution in [1.29, 1.82) is 0 Å². The molecule has 1 aromatic heterocycles. The highest BCUT2D eigenvalue weighted by molar-refractivity contribution is 6.05. The van der Waals surface area contributed by atoms with E-state index in [1.807, 2.05) is 54.6 Å². The first-order chi connectivity index (χ1) is 13.2. The lowest BCUT2D eigenvalue weighted by atomic mass is 10.1. The molecule has 4 rings (SSSR count). The summed E-state index contributed by atoms with van der Waals surface area (Å²) < 4.78 is 13.8. The molecule has 0 fully saturated rings. The molecule has 0 aliphatic heterocycles. The predicted molar refractivity (Wildman–Crippen MR) is 106 cm³/mol. The van der Waals surface area contributed by atoms with Crippen molar-refractivity contribution in [1.82, 2.24) is 10.2 Å². The van der Waals surface area contributed by atoms with Crippen molar-refractivity contribution in [3.05, 3.63) is 95.4 Å². The quantitative estimate of drug-likeness (QED) is 0.532. The van der Waals surface area contributed by atoms with Gasteiger partial charge in [0.05, 0.1) is 16.8 Å². The first-order valence-corrected chi connectivity index (χ1v) is 8.48. The van der Waals surface area contributed by atoms with E-state index in [1.165, 1.54) is 12.1 Å². The fourth-order valence-corrected chi connectivity index (χ4v) is 2.87. The van der Waals surface area contributed by atoms with Gasteiger partial charge in [-0.1, -0.05) is 54.6 Å². The number of amides is 1. The molecule has 4 nitrogen and oxygen atoms in total. The van der Waals surface area contributed by atoms with E-state index >= 15 is 0 Å². The first-order valence-electron chi connectivity index (χ1n) is 8.48. The average molecular weight is 357 g/mol. The zero-order valence-corrected chi connectivity index (χ0v) is 14.3. The summed E-state index contributed by atoms with van der Waals surface area (Å²) in [6.45, 7) is 0. The third kappa shape index (κ3) is 3.48. The van der Waals surface area contributed by atoms with Crippen molar-refractivity contribution in [2.24, 2.45) is 0 Å². The van der Waals surface area contributed by atoms with E-state index in [9.17, 15) is 9.18 Å². The second-order valence-electron chi connectivity index (χ2n) is 6.01. The standard InChI is InChI=1S/C22H16FN3O/c23-18-10-4-2-8-16(18)22(27)24-19-11-5-1-7-15(19)13-14-21-17-9-3-6-12-20(17)25-26-21/h1-14H,(H,24,27)(H,25,26). The number of halogens is 1. The molecule has 0 saturated heterocycles. The predicted octanol–water partition coefficient (Wildman–Crippen LogP) is 5.12. The molecule has 1 heterocycles. The molecular weight excluding hydrogens is 341 g/mol. The van der Waals surface area contributed by atoms with E-state index in [1.54, 1.807) is 18.2 Å². The molecule has 0 spiro atoms. The van der Waals surface area contributed by atoms with Gasteiger partial charge < -0.3 is 5.32 Å². The molecule has 27 heavy (non-hydrogen) atoms. The molecule has 0 bridgehead atoms. The smallest absolute Gasteiger partial charge is 0.258 e. The lowest BCUT2D eigenvalue weighted by Crippen LogP contribution is -2.14. The summed E-state index contributed by atoms with van der Waals surface area (Å²) in [7, 11) is 0. The molecular formula is C22H16FN3O. The van der Waals surface area contributed by atoms with Crippen LogP contribution in [0.15, 0.2) is 72.8 Å². The van der Waals surface area contributed by atoms with Gasteiger partial charge in [-0.25, -0.2) is 4.39 Å². The second kappa shape index (κ2) is 7.25. The number of nitrogens with one attached hydrogen (secondary N) is 2. The van der Waals surface area contributed by atoms with E-state index in [4.69, 9.17) is 0 Å². The van der Waals surface area contributed by atoms with Crippen LogP contribution in [0.1, 0.15) is 21.6 Å². The summed E-state index contributed by atoms with van der Waals surface area (Å²) in [5, 5.41) is 11.1. The summed E-state index contributed by atoms with van der Waals surface area (Å²) in [6, 6.07) is 21.1. The van der Waals surface area contributed by atoms with Crippen LogP contribution in [0.25, 0.3) is 23.1 Å². The first kappa shape index (κ1) is 16.7. The molecule has 0 atom stereocenters. The Morgan fingerprint density at radius 3 is 2.56 bits per heavy atom. The Kier molecular flexibility index (Phi) is 4.49. The van der Waals surface area contributed by atoms with Crippen molar-refractivity contribution < 1.29 is 9.18 Å². The van der Waals surface area contributed by atoms with Crippen LogP contribution >= 0.6 is 0 Å². The fourth-order valence-electron chi connectivity index (χ4n) is 2.87. The summed E-state index contributed by atoms with van der Waals surface area (Å²) >= 11 is 0. The Balaban J connectivity index is 1.62. The van der Waals surface area contributed by atoms with Crippen LogP contribution in [0.2, 0.25) is 0 Å². The minimum Gasteiger partial charge on any atom is -0.321 e. The van der Waals surface area contributed by atoms with Gasteiger partial charge in [-0.3, -0.25) is 9.89 Å². The fraction of sp³-hybridized carbons (Fsp3) is 0. The van der Waals surface area contributed by atoms with Gasteiger partial charge in [-0.2, -0.15) is 5.10 Å². The van der Waals surface area contributed by atoms with Crippen LogP contribution in [-0.4, -0.2) is 16.1 Å². The van der Waals surface area contributed by atoms with Gasteiger partial charge in [-0.15, -0.1) is 0 Å². The van der Waals surface area contributed by atoms with E-state index in [2.05, 4.69) is 15.5 Å². The van der Waals surface area contributed by atoms with E-state index < -0.39 is 11.7 Å². The summed E-state index contributed by atoms with van der Waals surface area (Å²) in [5.41, 5.74) is 3.17. The summed E-state index contributed by atoms with van der Waals surface area (Å²) in [4.78, 5) is 12.4. The number of carbonyl (C=O) groups is 1. The maximum atomic E-state index is 13.8. The molecule has 3 aromatic carbocycles. The van der Waals surface area contributed by atoms with Gasteiger partial charge in [0.1, 0.15) is 5.82 Å². The van der Waals surface area contributed by atoms with Crippen LogP contribution in [0.5, 0.6) is 0 Å². The van der Waals surface area contributed by atoms with E-state index in [0.717, 1.165) is 22.2 Å². The highest BCUT2D eigenvalue weighted by Gasteiger charge is 2.12. The summed E-state index contributed by atoms with van der Waals surface area (Å²) in [6.07, 6.45) is 3.76. The number of rotatable bonds is 4. The zero-order valence-electron chi connectivity index (χ0n) is 14.3. The number of benzene rings is 3. The van der Waals surface area contributed by atoms with Crippen molar-refractivity contribution in [2.45, 2.75) is 0 Å². The third-order valence-corrected chi connectivity index (χ3v) is 4.25. The lowest BCUT2D eigenvalue weighted by molar-refractivity contribution is 0.102. The Labute approximate surface area is 155 Å². The third-order valence-electron chi connectivity index (χ3n) is 4.25. The monoisotopic (exact) mass is 357 g/mol. The topological polar surface area (TPSA) is 57.8 Å². The van der Waals surface area contributed by atoms with Crippen LogP contribution in [-0.2, 0) is 0 Å². The van der Waals surface area contributed by atoms with E-state index in [0.29, 0.717) is 5.69 Å². The highest BCUT2D eigenvalue weighted by Crippen LogP contribution is 2.22. The number of carbonyl (C=O) groups excluding carboxylic acids is 1. The number of nitrogens with zero attached hydrogens (tertiary/aromatic N) is 1. The van der Waals surface area contributed by atoms with Gasteiger partial charge in [0.25, 0.3) is 5.91 Å². The summed E-state index contributed by atoms with van der Waals surface area (Å²) in [5.74, 6) is -1.04. The molecule has 0 unspecified atom stereocenters. The van der Waals surface area contributed by atoms with Gasteiger partial charge in [0, 0.05) is 11.1 Å². The average Bonchev–Trinajstić information content (AvgIpc) is 3.11. The number of hydrogen-bond acceptors (Lipinski definition) is 2. The molecule has 5 heteroatoms. The van der Waals surface area contributed by atoms with Crippen LogP contribution in [0, 0.1) is 5.82 Å². The number of anilines is 1. The molecule has 132 valence electrons. The maximum Gasteiger partial charge on any atom is 0.258 e. The number of H-pyrrole nitrogens is 1. The Morgan fingerprint density at radius 2 is 1.67 bits per heavy atom. The highest BCUT2D eigenvalue weighted by atomic mass is 19.1. The van der Waals surface area contributed by atoms with Crippen molar-refractivity contribution >= 4 is 34.6 Å². The van der Waals surface area contributed by atoms with Crippen molar-refractivity contribution in [2.75, 3.05) is 5.32 Å². The van der Waals surface area contributed by atoms with Gasteiger partial charge in [0.15, 0.2) is 0 Å². The molecule has 4 aromatic rings. The normalized spacial score (nSPS) is 11.1.